The zero-order chi connectivity index (χ0) is 23.9. The Labute approximate surface area is 201 Å². The summed E-state index contributed by atoms with van der Waals surface area (Å²) in [6.45, 7) is -1.30. The summed E-state index contributed by atoms with van der Waals surface area (Å²) < 4.78 is 63.4. The lowest BCUT2D eigenvalue weighted by Gasteiger charge is -2.12. The summed E-state index contributed by atoms with van der Waals surface area (Å²) in [4.78, 5) is 8.44. The minimum atomic E-state index is -4.53. The molecule has 1 unspecified atom stereocenters. The molecule has 1 aromatic carbocycles. The number of aliphatic hydroxyl groups excluding tert-OH is 1. The van der Waals surface area contributed by atoms with Gasteiger partial charge in [-0.3, -0.25) is 0 Å². The zero-order valence-corrected chi connectivity index (χ0v) is 19.2. The molecular formula is C19H11BrCl2F4N4O3. The maximum Gasteiger partial charge on any atom is 0.417 e. The Morgan fingerprint density at radius 1 is 1.15 bits per heavy atom. The summed E-state index contributed by atoms with van der Waals surface area (Å²) in [5.74, 6) is 0.0967. The molecule has 0 aliphatic heterocycles. The largest absolute Gasteiger partial charge is 0.489 e. The minimum absolute atomic E-state index is 0.0411. The lowest BCUT2D eigenvalue weighted by Crippen LogP contribution is -2.19. The van der Waals surface area contributed by atoms with E-state index < -0.39 is 24.5 Å². The van der Waals surface area contributed by atoms with Gasteiger partial charge in [-0.15, -0.1) is 0 Å². The molecule has 33 heavy (non-hydrogen) atoms. The van der Waals surface area contributed by atoms with Crippen LogP contribution in [0.25, 0.3) is 28.6 Å². The molecule has 14 heteroatoms. The number of imidazole rings is 1. The fraction of sp³-hybridized carbons (Fsp3) is 0.211. The standard InChI is InChI=1S/C19H11BrCl2F4N4O3/c20-11-1-8(19(24,25)26)5-30-6-14(27-17(11)30)18-28-16(29-33-18)10-2-13(22)15(3-12(10)21)32-7-9(31)4-23/h1-3,5-6,9,31H,4,7H2. The molecular weight excluding hydrogens is 559 g/mol. The van der Waals surface area contributed by atoms with E-state index in [1.165, 1.54) is 22.7 Å². The summed E-state index contributed by atoms with van der Waals surface area (Å²) in [5.41, 5.74) is -0.230. The van der Waals surface area contributed by atoms with Gasteiger partial charge < -0.3 is 18.8 Å². The number of aromatic nitrogens is 4. The maximum absolute atomic E-state index is 13.1. The van der Waals surface area contributed by atoms with Gasteiger partial charge in [-0.05, 0) is 28.1 Å². The third kappa shape index (κ3) is 4.93. The van der Waals surface area contributed by atoms with E-state index in [1.807, 2.05) is 0 Å². The van der Waals surface area contributed by atoms with Crippen molar-refractivity contribution < 1.29 is 31.9 Å². The van der Waals surface area contributed by atoms with Gasteiger partial charge >= 0.3 is 6.18 Å². The number of hydrogen-bond acceptors (Lipinski definition) is 6. The monoisotopic (exact) mass is 568 g/mol. The topological polar surface area (TPSA) is 85.7 Å². The average Bonchev–Trinajstić information content (AvgIpc) is 3.40. The van der Waals surface area contributed by atoms with Gasteiger partial charge in [0, 0.05) is 24.0 Å². The van der Waals surface area contributed by atoms with Crippen molar-refractivity contribution in [1.29, 1.82) is 0 Å². The smallest absolute Gasteiger partial charge is 0.417 e. The predicted octanol–water partition coefficient (Wildman–Crippen LogP) is 5.85. The number of halogens is 7. The highest BCUT2D eigenvalue weighted by atomic mass is 79.9. The van der Waals surface area contributed by atoms with Crippen molar-refractivity contribution in [2.24, 2.45) is 0 Å². The number of nitrogens with zero attached hydrogens (tertiary/aromatic N) is 4. The zero-order valence-electron chi connectivity index (χ0n) is 16.1. The van der Waals surface area contributed by atoms with Crippen LogP contribution in [0, 0.1) is 0 Å². The van der Waals surface area contributed by atoms with E-state index >= 15 is 0 Å². The molecule has 3 aromatic heterocycles. The van der Waals surface area contributed by atoms with E-state index in [9.17, 15) is 22.7 Å². The van der Waals surface area contributed by atoms with E-state index in [0.29, 0.717) is 0 Å². The van der Waals surface area contributed by atoms with Crippen LogP contribution in [0.4, 0.5) is 17.6 Å². The SMILES string of the molecule is OC(CF)COc1cc(Cl)c(-c2noc(-c3cn4cc(C(F)(F)F)cc(Br)c4n3)n2)cc1Cl. The predicted molar refractivity (Wildman–Crippen MR) is 114 cm³/mol. The van der Waals surface area contributed by atoms with Crippen LogP contribution in [0.5, 0.6) is 5.75 Å². The molecule has 3 heterocycles. The summed E-state index contributed by atoms with van der Waals surface area (Å²) in [7, 11) is 0. The van der Waals surface area contributed by atoms with Gasteiger partial charge in [0.05, 0.1) is 20.1 Å². The second kappa shape index (κ2) is 9.09. The van der Waals surface area contributed by atoms with Crippen LogP contribution in [-0.4, -0.2) is 44.0 Å². The summed E-state index contributed by atoms with van der Waals surface area (Å²) >= 11 is 15.5. The number of aliphatic hydroxyl groups is 1. The van der Waals surface area contributed by atoms with Crippen LogP contribution >= 0.6 is 39.1 Å². The Kier molecular flexibility index (Phi) is 6.54. The number of alkyl halides is 4. The molecule has 0 radical (unpaired) electrons. The van der Waals surface area contributed by atoms with Gasteiger partial charge in [-0.2, -0.15) is 18.2 Å². The van der Waals surface area contributed by atoms with Crippen LogP contribution in [0.3, 0.4) is 0 Å². The Balaban J connectivity index is 1.65. The molecule has 0 saturated carbocycles. The first-order valence-electron chi connectivity index (χ1n) is 9.02. The fourth-order valence-corrected chi connectivity index (χ4v) is 3.79. The van der Waals surface area contributed by atoms with Crippen LogP contribution in [-0.2, 0) is 6.18 Å². The van der Waals surface area contributed by atoms with Crippen molar-refractivity contribution in [3.05, 3.63) is 50.7 Å². The third-order valence-corrected chi connectivity index (χ3v) is 5.54. The van der Waals surface area contributed by atoms with Crippen LogP contribution in [0.2, 0.25) is 10.0 Å². The maximum atomic E-state index is 13.1. The van der Waals surface area contributed by atoms with Gasteiger partial charge in [-0.25, -0.2) is 9.37 Å². The molecule has 4 aromatic rings. The van der Waals surface area contributed by atoms with Gasteiger partial charge in [0.2, 0.25) is 5.82 Å². The number of fused-ring (bicyclic) bond motifs is 1. The summed E-state index contributed by atoms with van der Waals surface area (Å²) in [5, 5.41) is 13.3. The number of ether oxygens (including phenoxy) is 1. The molecule has 0 aliphatic carbocycles. The molecule has 0 saturated heterocycles. The van der Waals surface area contributed by atoms with E-state index in [-0.39, 0.29) is 55.5 Å². The number of rotatable bonds is 6. The number of benzene rings is 1. The Hall–Kier alpha value is -2.41. The summed E-state index contributed by atoms with van der Waals surface area (Å²) in [6, 6.07) is 3.66. The lowest BCUT2D eigenvalue weighted by molar-refractivity contribution is -0.137. The molecule has 174 valence electrons. The van der Waals surface area contributed by atoms with Gasteiger partial charge in [-0.1, -0.05) is 28.4 Å². The molecule has 0 spiro atoms. The molecule has 0 amide bonds. The van der Waals surface area contributed by atoms with Crippen LogP contribution in [0.1, 0.15) is 5.56 Å². The Bertz CT molecular complexity index is 1330. The molecule has 1 atom stereocenters. The minimum Gasteiger partial charge on any atom is -0.489 e. The molecule has 4 rings (SSSR count). The van der Waals surface area contributed by atoms with E-state index in [2.05, 4.69) is 31.1 Å². The highest BCUT2D eigenvalue weighted by Gasteiger charge is 2.32. The number of hydrogen-bond donors (Lipinski definition) is 1. The van der Waals surface area contributed by atoms with Gasteiger partial charge in [0.1, 0.15) is 30.8 Å². The van der Waals surface area contributed by atoms with Crippen molar-refractivity contribution >= 4 is 44.8 Å². The lowest BCUT2D eigenvalue weighted by atomic mass is 10.2. The van der Waals surface area contributed by atoms with Crippen LogP contribution < -0.4 is 4.74 Å². The quantitative estimate of drug-likeness (QED) is 0.293. The first-order chi connectivity index (χ1) is 15.6. The molecule has 7 nitrogen and oxygen atoms in total. The normalized spacial score (nSPS) is 13.0. The second-order valence-corrected chi connectivity index (χ2v) is 8.40. The van der Waals surface area contributed by atoms with Crippen molar-refractivity contribution in [3.8, 4) is 28.7 Å². The number of pyridine rings is 1. The van der Waals surface area contributed by atoms with Crippen molar-refractivity contribution in [1.82, 2.24) is 19.5 Å². The molecule has 0 aliphatic rings. The highest BCUT2D eigenvalue weighted by molar-refractivity contribution is 9.10. The van der Waals surface area contributed by atoms with Crippen molar-refractivity contribution in [2.75, 3.05) is 13.3 Å². The molecule has 0 bridgehead atoms. The summed E-state index contributed by atoms with van der Waals surface area (Å²) in [6.07, 6.45) is -3.64. The first-order valence-corrected chi connectivity index (χ1v) is 10.6. The van der Waals surface area contributed by atoms with Gasteiger partial charge in [0.15, 0.2) is 5.65 Å². The molecule has 0 fully saturated rings. The average molecular weight is 570 g/mol. The van der Waals surface area contributed by atoms with Crippen LogP contribution in [0.15, 0.2) is 39.6 Å². The first kappa shape index (κ1) is 23.7. The Morgan fingerprint density at radius 3 is 2.61 bits per heavy atom. The molecule has 1 N–H and O–H groups in total. The highest BCUT2D eigenvalue weighted by Crippen LogP contribution is 2.37. The van der Waals surface area contributed by atoms with E-state index in [0.717, 1.165) is 12.3 Å². The van der Waals surface area contributed by atoms with Crippen molar-refractivity contribution in [3.63, 3.8) is 0 Å². The second-order valence-electron chi connectivity index (χ2n) is 6.74. The van der Waals surface area contributed by atoms with E-state index in [4.69, 9.17) is 32.5 Å². The van der Waals surface area contributed by atoms with Crippen molar-refractivity contribution in [2.45, 2.75) is 12.3 Å². The third-order valence-electron chi connectivity index (χ3n) is 4.35. The fourth-order valence-electron chi connectivity index (χ4n) is 2.79. The Morgan fingerprint density at radius 2 is 1.91 bits per heavy atom. The van der Waals surface area contributed by atoms with E-state index in [1.54, 1.807) is 0 Å². The van der Waals surface area contributed by atoms with Gasteiger partial charge in [0.25, 0.3) is 5.89 Å².